The molecule has 1 aromatic heterocycles. The second-order valence-corrected chi connectivity index (χ2v) is 5.86. The first-order chi connectivity index (χ1) is 8.56. The number of carbonyl (C=O) groups excluding carboxylic acids is 1. The normalized spacial score (nSPS) is 10.0. The van der Waals surface area contributed by atoms with Crippen LogP contribution in [0.25, 0.3) is 0 Å². The van der Waals surface area contributed by atoms with Crippen molar-refractivity contribution in [3.05, 3.63) is 43.9 Å². The van der Waals surface area contributed by atoms with E-state index in [2.05, 4.69) is 10.3 Å². The summed E-state index contributed by atoms with van der Waals surface area (Å²) in [6.45, 7) is 0. The number of nitro benzene ring substituents is 1. The molecule has 0 saturated heterocycles. The smallest absolute Gasteiger partial charge is 0.269 e. The third kappa shape index (κ3) is 2.94. The van der Waals surface area contributed by atoms with E-state index in [9.17, 15) is 14.9 Å². The molecule has 0 aliphatic rings. The van der Waals surface area contributed by atoms with E-state index in [4.69, 9.17) is 12.2 Å². The van der Waals surface area contributed by atoms with Crippen molar-refractivity contribution in [2.24, 2.45) is 0 Å². The fourth-order valence-electron chi connectivity index (χ4n) is 1.15. The van der Waals surface area contributed by atoms with Crippen molar-refractivity contribution in [2.75, 3.05) is 5.32 Å². The van der Waals surface area contributed by atoms with Crippen LogP contribution in [0, 0.1) is 14.1 Å². The minimum atomic E-state index is -0.520. The number of non-ortho nitro benzene ring substituents is 1. The van der Waals surface area contributed by atoms with Gasteiger partial charge in [0.1, 0.15) is 0 Å². The molecule has 1 aromatic carbocycles. The van der Waals surface area contributed by atoms with E-state index in [0.717, 1.165) is 0 Å². The number of hydrogen-bond acceptors (Lipinski definition) is 7. The van der Waals surface area contributed by atoms with Crippen molar-refractivity contribution >= 4 is 49.6 Å². The van der Waals surface area contributed by atoms with Gasteiger partial charge >= 0.3 is 0 Å². The molecule has 0 bridgehead atoms. The Labute approximate surface area is 113 Å². The lowest BCUT2D eigenvalue weighted by Gasteiger charge is -2.00. The Hall–Kier alpha value is -1.71. The number of amides is 1. The van der Waals surface area contributed by atoms with Crippen molar-refractivity contribution in [3.8, 4) is 0 Å². The van der Waals surface area contributed by atoms with Gasteiger partial charge in [0.15, 0.2) is 3.95 Å². The molecule has 0 unspecified atom stereocenters. The Balaban J connectivity index is 2.14. The fraction of sp³-hybridized carbons (Fsp3) is 0. The minimum absolute atomic E-state index is 0.0594. The molecule has 6 nitrogen and oxygen atoms in total. The Morgan fingerprint density at radius 1 is 1.33 bits per heavy atom. The van der Waals surface area contributed by atoms with Gasteiger partial charge in [0, 0.05) is 17.7 Å². The molecule has 9 heteroatoms. The van der Waals surface area contributed by atoms with Gasteiger partial charge in [0.2, 0.25) is 5.13 Å². The highest BCUT2D eigenvalue weighted by molar-refractivity contribution is 7.79. The number of nitrogens with zero attached hydrogens (tertiary/aromatic N) is 2. The Morgan fingerprint density at radius 2 is 2.00 bits per heavy atom. The summed E-state index contributed by atoms with van der Waals surface area (Å²) in [6.07, 6.45) is 0. The van der Waals surface area contributed by atoms with E-state index >= 15 is 0 Å². The molecule has 1 amide bonds. The van der Waals surface area contributed by atoms with E-state index in [1.165, 1.54) is 44.9 Å². The number of aromatic nitrogens is 1. The molecule has 0 fully saturated rings. The number of hydrogen-bond donors (Lipinski definition) is 1. The zero-order chi connectivity index (χ0) is 13.1. The van der Waals surface area contributed by atoms with Crippen molar-refractivity contribution in [1.29, 1.82) is 0 Å². The molecule has 0 saturated carbocycles. The second kappa shape index (κ2) is 5.29. The molecule has 0 radical (unpaired) electrons. The highest BCUT2D eigenvalue weighted by Crippen LogP contribution is 2.20. The van der Waals surface area contributed by atoms with Gasteiger partial charge < -0.3 is 0 Å². The van der Waals surface area contributed by atoms with Gasteiger partial charge in [-0.3, -0.25) is 20.2 Å². The summed E-state index contributed by atoms with van der Waals surface area (Å²) in [5.41, 5.74) is 0.266. The third-order valence-electron chi connectivity index (χ3n) is 1.95. The van der Waals surface area contributed by atoms with Crippen molar-refractivity contribution in [1.82, 2.24) is 4.98 Å². The molecular formula is C9H5N3O3S3. The number of anilines is 1. The van der Waals surface area contributed by atoms with Crippen LogP contribution in [0.3, 0.4) is 0 Å². The van der Waals surface area contributed by atoms with Crippen LogP contribution in [0.1, 0.15) is 10.4 Å². The highest BCUT2D eigenvalue weighted by atomic mass is 32.9. The van der Waals surface area contributed by atoms with Crippen molar-refractivity contribution < 1.29 is 9.72 Å². The average molecular weight is 299 g/mol. The molecule has 0 aliphatic heterocycles. The average Bonchev–Trinajstić information content (AvgIpc) is 2.75. The van der Waals surface area contributed by atoms with Crippen LogP contribution < -0.4 is 5.32 Å². The molecule has 1 N–H and O–H groups in total. The Bertz CT molecular complexity index is 647. The Kier molecular flexibility index (Phi) is 3.75. The fourth-order valence-corrected chi connectivity index (χ4v) is 3.00. The van der Waals surface area contributed by atoms with Gasteiger partial charge in [-0.1, -0.05) is 0 Å². The first-order valence-corrected chi connectivity index (χ1v) is 7.15. The minimum Gasteiger partial charge on any atom is -0.297 e. The molecule has 1 heterocycles. The molecule has 0 spiro atoms. The lowest BCUT2D eigenvalue weighted by atomic mass is 10.2. The van der Waals surface area contributed by atoms with E-state index in [1.807, 2.05) is 0 Å². The van der Waals surface area contributed by atoms with E-state index < -0.39 is 4.92 Å². The van der Waals surface area contributed by atoms with Crippen LogP contribution in [0.15, 0.2) is 24.3 Å². The molecule has 0 atom stereocenters. The van der Waals surface area contributed by atoms with Crippen molar-refractivity contribution in [3.63, 3.8) is 0 Å². The van der Waals surface area contributed by atoms with Gasteiger partial charge in [-0.15, -0.1) is 0 Å². The van der Waals surface area contributed by atoms with Gasteiger partial charge in [-0.2, -0.15) is 4.98 Å². The van der Waals surface area contributed by atoms with Gasteiger partial charge in [-0.25, -0.2) is 0 Å². The number of nitro groups is 1. The van der Waals surface area contributed by atoms with Crippen molar-refractivity contribution in [2.45, 2.75) is 0 Å². The zero-order valence-electron chi connectivity index (χ0n) is 8.65. The van der Waals surface area contributed by atoms with Gasteiger partial charge in [0.25, 0.3) is 11.6 Å². The lowest BCUT2D eigenvalue weighted by Crippen LogP contribution is -2.11. The zero-order valence-corrected chi connectivity index (χ0v) is 11.1. The number of rotatable bonds is 3. The number of nitrogens with one attached hydrogen (secondary N) is 1. The van der Waals surface area contributed by atoms with Crippen LogP contribution >= 0.6 is 32.9 Å². The summed E-state index contributed by atoms with van der Waals surface area (Å²) < 4.78 is 0.457. The van der Waals surface area contributed by atoms with Crippen LogP contribution in [0.2, 0.25) is 0 Å². The maximum Gasteiger partial charge on any atom is 0.269 e. The molecule has 0 aliphatic carbocycles. The van der Waals surface area contributed by atoms with Gasteiger partial charge in [0.05, 0.1) is 4.92 Å². The standard InChI is InChI=1S/C9H5N3O3S3/c13-7(10-8-11-9(16)18-17-8)5-1-3-6(4-2-5)12(14)15/h1-4H,(H,10,11,13,16). The number of benzene rings is 1. The highest BCUT2D eigenvalue weighted by Gasteiger charge is 2.10. The molecule has 92 valence electrons. The molecule has 2 rings (SSSR count). The van der Waals surface area contributed by atoms with Crippen LogP contribution in [-0.4, -0.2) is 15.8 Å². The first kappa shape index (κ1) is 12.7. The summed E-state index contributed by atoms with van der Waals surface area (Å²) >= 11 is 4.84. The monoisotopic (exact) mass is 299 g/mol. The van der Waals surface area contributed by atoms with Crippen LogP contribution in [-0.2, 0) is 0 Å². The molecule has 2 aromatic rings. The van der Waals surface area contributed by atoms with Crippen LogP contribution in [0.5, 0.6) is 0 Å². The summed E-state index contributed by atoms with van der Waals surface area (Å²) in [6, 6.07) is 5.33. The SMILES string of the molecule is O=C(Nc1nc(=S)ss1)c1ccc([N+](=O)[O-])cc1. The predicted molar refractivity (Wildman–Crippen MR) is 71.9 cm³/mol. The summed E-state index contributed by atoms with van der Waals surface area (Å²) in [5.74, 6) is -0.374. The van der Waals surface area contributed by atoms with E-state index in [-0.39, 0.29) is 11.6 Å². The summed E-state index contributed by atoms with van der Waals surface area (Å²) in [5, 5.41) is 13.5. The molecular weight excluding hydrogens is 294 g/mol. The second-order valence-electron chi connectivity index (χ2n) is 3.11. The topological polar surface area (TPSA) is 85.1 Å². The predicted octanol–water partition coefficient (Wildman–Crippen LogP) is 3.09. The maximum absolute atomic E-state index is 11.8. The summed E-state index contributed by atoms with van der Waals surface area (Å²) in [7, 11) is 2.56. The Morgan fingerprint density at radius 3 is 2.50 bits per heavy atom. The van der Waals surface area contributed by atoms with E-state index in [1.54, 1.807) is 0 Å². The van der Waals surface area contributed by atoms with Crippen LogP contribution in [0.4, 0.5) is 10.8 Å². The third-order valence-corrected chi connectivity index (χ3v) is 4.47. The first-order valence-electron chi connectivity index (χ1n) is 4.59. The van der Waals surface area contributed by atoms with Gasteiger partial charge in [-0.05, 0) is 45.0 Å². The molecule has 18 heavy (non-hydrogen) atoms. The maximum atomic E-state index is 11.8. The lowest BCUT2D eigenvalue weighted by molar-refractivity contribution is -0.384. The largest absolute Gasteiger partial charge is 0.297 e. The quantitative estimate of drug-likeness (QED) is 0.407. The summed E-state index contributed by atoms with van der Waals surface area (Å²) in [4.78, 5) is 25.6. The number of carbonyl (C=O) groups is 1. The van der Waals surface area contributed by atoms with E-state index in [0.29, 0.717) is 14.6 Å².